The van der Waals surface area contributed by atoms with Crippen LogP contribution in [0.3, 0.4) is 0 Å². The Bertz CT molecular complexity index is 3540. The summed E-state index contributed by atoms with van der Waals surface area (Å²) >= 11 is 1.79. The lowest BCUT2D eigenvalue weighted by Gasteiger charge is -2.09. The van der Waals surface area contributed by atoms with Crippen molar-refractivity contribution in [2.24, 2.45) is 0 Å². The van der Waals surface area contributed by atoms with E-state index >= 15 is 0 Å². The predicted octanol–water partition coefficient (Wildman–Crippen LogP) is 13.2. The van der Waals surface area contributed by atoms with Gasteiger partial charge in [-0.05, 0) is 48.5 Å². The molecule has 0 atom stereocenters. The van der Waals surface area contributed by atoms with Gasteiger partial charge in [-0.3, -0.25) is 0 Å². The molecule has 0 N–H and O–H groups in total. The van der Waals surface area contributed by atoms with Crippen LogP contribution in [-0.4, -0.2) is 24.9 Å². The van der Waals surface area contributed by atoms with Crippen LogP contribution in [0.1, 0.15) is 0 Å². The van der Waals surface area contributed by atoms with E-state index in [0.717, 1.165) is 60.8 Å². The highest BCUT2D eigenvalue weighted by molar-refractivity contribution is 7.25. The minimum atomic E-state index is 0.546. The van der Waals surface area contributed by atoms with Crippen molar-refractivity contribution in [3.05, 3.63) is 164 Å². The molecule has 57 heavy (non-hydrogen) atoms. The molecule has 0 amide bonds. The van der Waals surface area contributed by atoms with Gasteiger partial charge in [-0.1, -0.05) is 115 Å². The van der Waals surface area contributed by atoms with Gasteiger partial charge < -0.3 is 8.83 Å². The second-order valence-electron chi connectivity index (χ2n) is 14.0. The van der Waals surface area contributed by atoms with Crippen molar-refractivity contribution in [1.29, 1.82) is 0 Å². The molecule has 0 radical (unpaired) electrons. The van der Waals surface area contributed by atoms with Gasteiger partial charge in [0, 0.05) is 58.6 Å². The van der Waals surface area contributed by atoms with Crippen molar-refractivity contribution in [3.63, 3.8) is 0 Å². The molecule has 8 heteroatoms. The van der Waals surface area contributed by atoms with Gasteiger partial charge in [0.1, 0.15) is 28.0 Å². The molecular weight excluding hydrogens is 723 g/mol. The van der Waals surface area contributed by atoms with E-state index in [4.69, 9.17) is 33.8 Å². The van der Waals surface area contributed by atoms with Crippen molar-refractivity contribution in [2.75, 3.05) is 0 Å². The van der Waals surface area contributed by atoms with E-state index in [-0.39, 0.29) is 0 Å². The van der Waals surface area contributed by atoms with Crippen LogP contribution in [-0.2, 0) is 0 Å². The van der Waals surface area contributed by atoms with Crippen molar-refractivity contribution in [2.45, 2.75) is 0 Å². The van der Waals surface area contributed by atoms with Crippen LogP contribution in [0.15, 0.2) is 173 Å². The van der Waals surface area contributed by atoms with Crippen molar-refractivity contribution in [1.82, 2.24) is 24.9 Å². The Morgan fingerprint density at radius 2 is 0.982 bits per heavy atom. The largest absolute Gasteiger partial charge is 0.455 e. The number of rotatable bonds is 5. The maximum absolute atomic E-state index is 6.76. The third-order valence-corrected chi connectivity index (χ3v) is 11.7. The summed E-state index contributed by atoms with van der Waals surface area (Å²) in [6.07, 6.45) is 0. The van der Waals surface area contributed by atoms with Gasteiger partial charge in [-0.2, -0.15) is 0 Å². The molecule has 0 fully saturated rings. The summed E-state index contributed by atoms with van der Waals surface area (Å²) in [5.74, 6) is 2.30. The second-order valence-corrected chi connectivity index (χ2v) is 15.1. The van der Waals surface area contributed by atoms with Crippen molar-refractivity contribution in [3.8, 4) is 56.8 Å². The molecular formula is C49H27N5O2S. The van der Waals surface area contributed by atoms with Gasteiger partial charge in [0.25, 0.3) is 0 Å². The van der Waals surface area contributed by atoms with Gasteiger partial charge in [-0.15, -0.1) is 11.3 Å². The zero-order chi connectivity index (χ0) is 37.5. The van der Waals surface area contributed by atoms with Crippen LogP contribution >= 0.6 is 11.3 Å². The molecule has 0 bridgehead atoms. The Balaban J connectivity index is 1.08. The summed E-state index contributed by atoms with van der Waals surface area (Å²) in [7, 11) is 0. The molecule has 12 rings (SSSR count). The molecule has 0 aliphatic carbocycles. The van der Waals surface area contributed by atoms with Crippen LogP contribution in [0, 0.1) is 0 Å². The van der Waals surface area contributed by atoms with Gasteiger partial charge in [0.2, 0.25) is 0 Å². The normalized spacial score (nSPS) is 11.9. The minimum absolute atomic E-state index is 0.546. The van der Waals surface area contributed by atoms with Crippen molar-refractivity contribution < 1.29 is 8.83 Å². The van der Waals surface area contributed by atoms with E-state index in [1.54, 1.807) is 11.3 Å². The number of thiophene rings is 1. The average Bonchev–Trinajstić information content (AvgIpc) is 3.98. The van der Waals surface area contributed by atoms with Crippen LogP contribution in [0.25, 0.3) is 121 Å². The van der Waals surface area contributed by atoms with Crippen LogP contribution in [0.4, 0.5) is 0 Å². The Hall–Kier alpha value is -7.55. The molecule has 0 aliphatic rings. The summed E-state index contributed by atoms with van der Waals surface area (Å²) in [6.45, 7) is 0. The van der Waals surface area contributed by atoms with E-state index in [0.29, 0.717) is 40.0 Å². The number of fused-ring (bicyclic) bond motifs is 9. The number of benzene rings is 7. The number of furan rings is 2. The zero-order valence-corrected chi connectivity index (χ0v) is 30.9. The fourth-order valence-electron chi connectivity index (χ4n) is 7.92. The molecule has 5 heterocycles. The fraction of sp³-hybridized carbons (Fsp3) is 0. The highest BCUT2D eigenvalue weighted by Gasteiger charge is 2.23. The number of hydrogen-bond acceptors (Lipinski definition) is 8. The molecule has 266 valence electrons. The fourth-order valence-corrected chi connectivity index (χ4v) is 9.01. The van der Waals surface area contributed by atoms with E-state index in [2.05, 4.69) is 54.6 Å². The molecule has 0 spiro atoms. The topological polar surface area (TPSA) is 90.7 Å². The van der Waals surface area contributed by atoms with E-state index in [1.165, 1.54) is 20.2 Å². The Morgan fingerprint density at radius 3 is 1.84 bits per heavy atom. The Kier molecular flexibility index (Phi) is 6.96. The monoisotopic (exact) mass is 749 g/mol. The quantitative estimate of drug-likeness (QED) is 0.173. The summed E-state index contributed by atoms with van der Waals surface area (Å²) in [6, 6.07) is 55.3. The summed E-state index contributed by atoms with van der Waals surface area (Å²) < 4.78 is 15.6. The number of aromatic nitrogens is 5. The van der Waals surface area contributed by atoms with Gasteiger partial charge in [-0.25, -0.2) is 24.9 Å². The van der Waals surface area contributed by atoms with Gasteiger partial charge in [0.05, 0.1) is 5.56 Å². The highest BCUT2D eigenvalue weighted by Crippen LogP contribution is 2.42. The molecule has 0 saturated heterocycles. The number of hydrogen-bond donors (Lipinski definition) is 0. The van der Waals surface area contributed by atoms with Gasteiger partial charge >= 0.3 is 0 Å². The molecule has 0 aliphatic heterocycles. The van der Waals surface area contributed by atoms with Crippen molar-refractivity contribution >= 4 is 75.5 Å². The maximum Gasteiger partial charge on any atom is 0.180 e. The summed E-state index contributed by atoms with van der Waals surface area (Å²) in [4.78, 5) is 25.7. The van der Waals surface area contributed by atoms with Crippen LogP contribution in [0.5, 0.6) is 0 Å². The van der Waals surface area contributed by atoms with Gasteiger partial charge in [0.15, 0.2) is 28.9 Å². The number of nitrogens with zero attached hydrogens (tertiary/aromatic N) is 5. The van der Waals surface area contributed by atoms with Crippen LogP contribution < -0.4 is 0 Å². The highest BCUT2D eigenvalue weighted by atomic mass is 32.1. The first-order chi connectivity index (χ1) is 28.2. The maximum atomic E-state index is 6.76. The first-order valence-electron chi connectivity index (χ1n) is 18.7. The lowest BCUT2D eigenvalue weighted by Crippen LogP contribution is -2.00. The third kappa shape index (κ3) is 5.08. The standard InChI is InChI=1S/C49H27N5O2S/c1-3-13-28(14-4-1)42-45-43(32-18-7-9-22-37(32)55-45)51-49(50-42)35-21-11-19-33-41-34(20-12-23-38(41)56-44(33)35)48-53-46(29-15-5-2-6-16-29)52-47(54-48)30-25-26-40-36(27-30)31-17-8-10-24-39(31)57-40/h1-27H. The minimum Gasteiger partial charge on any atom is -0.455 e. The first kappa shape index (κ1) is 31.8. The Labute approximate surface area is 328 Å². The first-order valence-corrected chi connectivity index (χ1v) is 19.5. The zero-order valence-electron chi connectivity index (χ0n) is 30.0. The summed E-state index contributed by atoms with van der Waals surface area (Å²) in [5.41, 5.74) is 8.66. The lowest BCUT2D eigenvalue weighted by molar-refractivity contribution is 0.666. The Morgan fingerprint density at radius 1 is 0.368 bits per heavy atom. The molecule has 0 saturated carbocycles. The molecule has 5 aromatic heterocycles. The van der Waals surface area contributed by atoms with E-state index in [9.17, 15) is 0 Å². The van der Waals surface area contributed by atoms with E-state index < -0.39 is 0 Å². The molecule has 0 unspecified atom stereocenters. The van der Waals surface area contributed by atoms with Crippen LogP contribution in [0.2, 0.25) is 0 Å². The second kappa shape index (κ2) is 12.5. The molecule has 7 aromatic carbocycles. The lowest BCUT2D eigenvalue weighted by atomic mass is 10.0. The molecule has 12 aromatic rings. The SMILES string of the molecule is c1ccc(-c2nc(-c3ccc4sc5ccccc5c4c3)nc(-c3cccc4oc5c(-c6nc(-c7ccccc7)c7oc8ccccc8c7n6)cccc5c34)n2)cc1. The average molecular weight is 750 g/mol. The predicted molar refractivity (Wildman–Crippen MR) is 230 cm³/mol. The number of para-hydroxylation sites is 2. The third-order valence-electron chi connectivity index (χ3n) is 10.6. The smallest absolute Gasteiger partial charge is 0.180 e. The summed E-state index contributed by atoms with van der Waals surface area (Å²) in [5, 5.41) is 5.16. The van der Waals surface area contributed by atoms with E-state index in [1.807, 2.05) is 109 Å². The molecule has 7 nitrogen and oxygen atoms in total.